The molecule has 1 fully saturated rings. The predicted molar refractivity (Wildman–Crippen MR) is 143 cm³/mol. The third kappa shape index (κ3) is 6.23. The molecular formula is C26H27Cl2N3O3S. The third-order valence-electron chi connectivity index (χ3n) is 6.01. The van der Waals surface area contributed by atoms with Crippen LogP contribution in [0.25, 0.3) is 11.1 Å². The predicted octanol–water partition coefficient (Wildman–Crippen LogP) is 5.57. The number of thiophene rings is 1. The molecule has 1 aromatic heterocycles. The molecule has 2 aromatic carbocycles. The summed E-state index contributed by atoms with van der Waals surface area (Å²) in [5, 5.41) is 4.60. The highest BCUT2D eigenvalue weighted by atomic mass is 35.5. The Balaban J connectivity index is 1.37. The van der Waals surface area contributed by atoms with Crippen LogP contribution in [0.5, 0.6) is 0 Å². The normalized spacial score (nSPS) is 14.6. The highest BCUT2D eigenvalue weighted by Gasteiger charge is 2.26. The SMILES string of the molecule is COC(=O)c1c(NC(=O)CN2CCN(Cc3ccc(Cl)c(Cl)c3)CC2)sc(C)c1-c1ccccc1. The Morgan fingerprint density at radius 2 is 1.69 bits per heavy atom. The van der Waals surface area contributed by atoms with Crippen LogP contribution in [0.2, 0.25) is 10.0 Å². The molecule has 0 unspecified atom stereocenters. The zero-order valence-electron chi connectivity index (χ0n) is 19.6. The molecule has 35 heavy (non-hydrogen) atoms. The second-order valence-electron chi connectivity index (χ2n) is 8.44. The minimum atomic E-state index is -0.459. The molecule has 0 aliphatic carbocycles. The molecule has 0 spiro atoms. The van der Waals surface area contributed by atoms with Gasteiger partial charge in [-0.3, -0.25) is 14.6 Å². The Morgan fingerprint density at radius 3 is 2.34 bits per heavy atom. The fraction of sp³-hybridized carbons (Fsp3) is 0.308. The van der Waals surface area contributed by atoms with Crippen molar-refractivity contribution in [2.45, 2.75) is 13.5 Å². The Labute approximate surface area is 219 Å². The van der Waals surface area contributed by atoms with Crippen LogP contribution < -0.4 is 5.32 Å². The van der Waals surface area contributed by atoms with E-state index in [1.807, 2.05) is 55.5 Å². The smallest absolute Gasteiger partial charge is 0.341 e. The number of hydrogen-bond donors (Lipinski definition) is 1. The number of esters is 1. The van der Waals surface area contributed by atoms with E-state index in [2.05, 4.69) is 15.1 Å². The van der Waals surface area contributed by atoms with Crippen molar-refractivity contribution in [3.63, 3.8) is 0 Å². The van der Waals surface area contributed by atoms with E-state index in [9.17, 15) is 9.59 Å². The van der Waals surface area contributed by atoms with Crippen molar-refractivity contribution in [2.24, 2.45) is 0 Å². The minimum absolute atomic E-state index is 0.144. The summed E-state index contributed by atoms with van der Waals surface area (Å²) in [7, 11) is 1.35. The van der Waals surface area contributed by atoms with Gasteiger partial charge in [0.1, 0.15) is 10.6 Å². The van der Waals surface area contributed by atoms with E-state index < -0.39 is 5.97 Å². The third-order valence-corrected chi connectivity index (χ3v) is 7.77. The number of methoxy groups -OCH3 is 1. The van der Waals surface area contributed by atoms with Crippen LogP contribution >= 0.6 is 34.5 Å². The monoisotopic (exact) mass is 531 g/mol. The summed E-state index contributed by atoms with van der Waals surface area (Å²) >= 11 is 13.5. The molecule has 1 N–H and O–H groups in total. The number of piperazine rings is 1. The zero-order valence-corrected chi connectivity index (χ0v) is 22.0. The summed E-state index contributed by atoms with van der Waals surface area (Å²) < 4.78 is 5.04. The van der Waals surface area contributed by atoms with Gasteiger partial charge in [0.25, 0.3) is 0 Å². The molecule has 1 aliphatic heterocycles. The molecule has 1 amide bonds. The lowest BCUT2D eigenvalue weighted by Gasteiger charge is -2.34. The maximum absolute atomic E-state index is 12.9. The van der Waals surface area contributed by atoms with Crippen molar-refractivity contribution in [1.82, 2.24) is 9.80 Å². The number of ether oxygens (including phenoxy) is 1. The number of nitrogens with one attached hydrogen (secondary N) is 1. The average Bonchev–Trinajstić information content (AvgIpc) is 3.17. The first kappa shape index (κ1) is 25.7. The highest BCUT2D eigenvalue weighted by molar-refractivity contribution is 7.17. The van der Waals surface area contributed by atoms with Crippen LogP contribution in [0.1, 0.15) is 20.8 Å². The van der Waals surface area contributed by atoms with Crippen LogP contribution in [0.4, 0.5) is 5.00 Å². The molecule has 0 saturated carbocycles. The number of rotatable bonds is 7. The van der Waals surface area contributed by atoms with Gasteiger partial charge < -0.3 is 10.1 Å². The molecular weight excluding hydrogens is 505 g/mol. The standard InChI is InChI=1S/C26H27Cl2N3O3S/c1-17-23(19-6-4-3-5-7-19)24(26(33)34-2)25(35-17)29-22(32)16-31-12-10-30(11-13-31)15-18-8-9-20(27)21(28)14-18/h3-9,14H,10-13,15-16H2,1-2H3,(H,29,32). The fourth-order valence-corrected chi connectivity index (χ4v) is 5.65. The first-order chi connectivity index (χ1) is 16.9. The number of halogens is 2. The maximum atomic E-state index is 12.9. The fourth-order valence-electron chi connectivity index (χ4n) is 4.25. The van der Waals surface area contributed by atoms with Crippen molar-refractivity contribution in [3.8, 4) is 11.1 Å². The number of carbonyl (C=O) groups excluding carboxylic acids is 2. The minimum Gasteiger partial charge on any atom is -0.465 e. The van der Waals surface area contributed by atoms with E-state index in [-0.39, 0.29) is 12.5 Å². The summed E-state index contributed by atoms with van der Waals surface area (Å²) in [5.74, 6) is -0.603. The molecule has 6 nitrogen and oxygen atoms in total. The zero-order chi connectivity index (χ0) is 24.9. The van der Waals surface area contributed by atoms with E-state index in [1.54, 1.807) is 0 Å². The molecule has 3 aromatic rings. The quantitative estimate of drug-likeness (QED) is 0.403. The maximum Gasteiger partial charge on any atom is 0.341 e. The summed E-state index contributed by atoms with van der Waals surface area (Å²) in [6.07, 6.45) is 0. The molecule has 2 heterocycles. The van der Waals surface area contributed by atoms with Gasteiger partial charge in [-0.1, -0.05) is 59.6 Å². The van der Waals surface area contributed by atoms with Crippen molar-refractivity contribution in [2.75, 3.05) is 45.2 Å². The Kier molecular flexibility index (Phi) is 8.46. The van der Waals surface area contributed by atoms with E-state index in [1.165, 1.54) is 18.4 Å². The van der Waals surface area contributed by atoms with Crippen molar-refractivity contribution < 1.29 is 14.3 Å². The first-order valence-electron chi connectivity index (χ1n) is 11.3. The van der Waals surface area contributed by atoms with E-state index in [0.717, 1.165) is 54.3 Å². The number of aryl methyl sites for hydroxylation is 1. The number of anilines is 1. The van der Waals surface area contributed by atoms with Crippen LogP contribution in [0.15, 0.2) is 48.5 Å². The molecule has 0 bridgehead atoms. The van der Waals surface area contributed by atoms with Gasteiger partial charge in [-0.15, -0.1) is 11.3 Å². The summed E-state index contributed by atoms with van der Waals surface area (Å²) in [5.41, 5.74) is 3.23. The lowest BCUT2D eigenvalue weighted by molar-refractivity contribution is -0.117. The van der Waals surface area contributed by atoms with E-state index in [4.69, 9.17) is 27.9 Å². The Bertz CT molecular complexity index is 1210. The largest absolute Gasteiger partial charge is 0.465 e. The second kappa shape index (κ2) is 11.5. The van der Waals surface area contributed by atoms with Crippen LogP contribution in [0.3, 0.4) is 0 Å². The van der Waals surface area contributed by atoms with Gasteiger partial charge in [0, 0.05) is 43.2 Å². The molecule has 184 valence electrons. The van der Waals surface area contributed by atoms with Crippen molar-refractivity contribution in [3.05, 3.63) is 74.6 Å². The molecule has 1 saturated heterocycles. The van der Waals surface area contributed by atoms with Gasteiger partial charge in [0.05, 0.1) is 23.7 Å². The molecule has 4 rings (SSSR count). The van der Waals surface area contributed by atoms with Gasteiger partial charge in [-0.2, -0.15) is 0 Å². The number of hydrogen-bond acceptors (Lipinski definition) is 6. The Morgan fingerprint density at radius 1 is 1.00 bits per heavy atom. The molecule has 0 atom stereocenters. The van der Waals surface area contributed by atoms with Gasteiger partial charge in [-0.05, 0) is 30.2 Å². The van der Waals surface area contributed by atoms with Crippen LogP contribution in [0, 0.1) is 6.92 Å². The van der Waals surface area contributed by atoms with Gasteiger partial charge >= 0.3 is 5.97 Å². The van der Waals surface area contributed by atoms with Crippen molar-refractivity contribution >= 4 is 51.4 Å². The number of amides is 1. The topological polar surface area (TPSA) is 61.9 Å². The molecule has 0 radical (unpaired) electrons. The Hall–Kier alpha value is -2.42. The molecule has 1 aliphatic rings. The van der Waals surface area contributed by atoms with E-state index in [0.29, 0.717) is 20.6 Å². The van der Waals surface area contributed by atoms with Crippen LogP contribution in [-0.4, -0.2) is 61.5 Å². The number of carbonyl (C=O) groups is 2. The summed E-state index contributed by atoms with van der Waals surface area (Å²) in [6, 6.07) is 15.4. The number of benzene rings is 2. The lowest BCUT2D eigenvalue weighted by atomic mass is 10.0. The van der Waals surface area contributed by atoms with E-state index >= 15 is 0 Å². The molecule has 9 heteroatoms. The summed E-state index contributed by atoms with van der Waals surface area (Å²) in [6.45, 7) is 6.24. The second-order valence-corrected chi connectivity index (χ2v) is 10.5. The number of nitrogens with zero attached hydrogens (tertiary/aromatic N) is 2. The lowest BCUT2D eigenvalue weighted by Crippen LogP contribution is -2.48. The summed E-state index contributed by atoms with van der Waals surface area (Å²) in [4.78, 5) is 30.9. The average molecular weight is 532 g/mol. The van der Waals surface area contributed by atoms with Crippen molar-refractivity contribution in [1.29, 1.82) is 0 Å². The van der Waals surface area contributed by atoms with Gasteiger partial charge in [0.2, 0.25) is 5.91 Å². The first-order valence-corrected chi connectivity index (χ1v) is 12.9. The van der Waals surface area contributed by atoms with Gasteiger partial charge in [-0.25, -0.2) is 4.79 Å². The van der Waals surface area contributed by atoms with Crippen LogP contribution in [-0.2, 0) is 16.1 Å². The highest BCUT2D eigenvalue weighted by Crippen LogP contribution is 2.40. The van der Waals surface area contributed by atoms with Gasteiger partial charge in [0.15, 0.2) is 0 Å².